The van der Waals surface area contributed by atoms with Crippen molar-refractivity contribution in [1.29, 1.82) is 5.26 Å². The Morgan fingerprint density at radius 3 is 2.86 bits per heavy atom. The predicted octanol–water partition coefficient (Wildman–Crippen LogP) is 2.56. The van der Waals surface area contributed by atoms with Crippen LogP contribution in [0, 0.1) is 11.3 Å². The van der Waals surface area contributed by atoms with Crippen LogP contribution < -0.4 is 5.56 Å². The number of aliphatic hydroxyl groups excluding tert-OH is 1. The zero-order valence-electron chi connectivity index (χ0n) is 20.2. The van der Waals surface area contributed by atoms with Gasteiger partial charge in [-0.15, -0.1) is 0 Å². The average Bonchev–Trinajstić information content (AvgIpc) is 3.52. The molecule has 3 aromatic heterocycles. The lowest BCUT2D eigenvalue weighted by Gasteiger charge is -2.30. The van der Waals surface area contributed by atoms with Crippen LogP contribution in [-0.2, 0) is 16.9 Å². The van der Waals surface area contributed by atoms with Gasteiger partial charge in [0.15, 0.2) is 0 Å². The minimum Gasteiger partial charge on any atom is -0.392 e. The molecule has 36 heavy (non-hydrogen) atoms. The van der Waals surface area contributed by atoms with Crippen LogP contribution >= 0.6 is 11.6 Å². The van der Waals surface area contributed by atoms with Crippen LogP contribution in [0.5, 0.6) is 0 Å². The van der Waals surface area contributed by atoms with Gasteiger partial charge in [-0.05, 0) is 45.4 Å². The van der Waals surface area contributed by atoms with E-state index in [-0.39, 0.29) is 45.2 Å². The molecule has 4 aromatic rings. The molecule has 1 saturated heterocycles. The van der Waals surface area contributed by atoms with Crippen LogP contribution in [0.25, 0.3) is 28.1 Å². The molecule has 188 valence electrons. The van der Waals surface area contributed by atoms with E-state index >= 15 is 0 Å². The molecule has 0 amide bonds. The zero-order valence-corrected chi connectivity index (χ0v) is 21.0. The molecule has 1 aliphatic rings. The number of aliphatic hydroxyl groups is 1. The number of benzene rings is 1. The molecule has 5 rings (SSSR count). The van der Waals surface area contributed by atoms with Crippen molar-refractivity contribution in [2.24, 2.45) is 0 Å². The molecule has 0 spiro atoms. The van der Waals surface area contributed by atoms with Crippen molar-refractivity contribution < 1.29 is 14.4 Å². The van der Waals surface area contributed by atoms with Crippen LogP contribution in [0.3, 0.4) is 0 Å². The lowest BCUT2D eigenvalue weighted by Crippen LogP contribution is -2.41. The Kier molecular flexibility index (Phi) is 6.30. The first-order valence-corrected chi connectivity index (χ1v) is 12.0. The van der Waals surface area contributed by atoms with Crippen molar-refractivity contribution >= 4 is 28.2 Å². The number of likely N-dealkylation sites (tertiary alicyclic amines) is 1. The fourth-order valence-electron chi connectivity index (χ4n) is 4.60. The topological polar surface area (TPSA) is 135 Å². The molecule has 1 aromatic carbocycles. The van der Waals surface area contributed by atoms with Gasteiger partial charge in [-0.25, -0.2) is 4.98 Å². The summed E-state index contributed by atoms with van der Waals surface area (Å²) >= 11 is 6.36. The van der Waals surface area contributed by atoms with Gasteiger partial charge in [0, 0.05) is 26.7 Å². The van der Waals surface area contributed by atoms with Crippen molar-refractivity contribution in [2.75, 3.05) is 26.7 Å². The third-order valence-electron chi connectivity index (χ3n) is 6.75. The number of halogens is 1. The van der Waals surface area contributed by atoms with E-state index < -0.39 is 5.60 Å². The van der Waals surface area contributed by atoms with Crippen molar-refractivity contribution in [3.63, 3.8) is 0 Å². The molecule has 0 saturated carbocycles. The highest BCUT2D eigenvalue weighted by Gasteiger charge is 2.29. The van der Waals surface area contributed by atoms with E-state index in [0.29, 0.717) is 30.7 Å². The molecular formula is C24H26ClN7O4. The zero-order chi connectivity index (χ0) is 25.6. The Morgan fingerprint density at radius 1 is 1.33 bits per heavy atom. The van der Waals surface area contributed by atoms with E-state index in [1.165, 1.54) is 6.33 Å². The molecule has 1 fully saturated rings. The van der Waals surface area contributed by atoms with Crippen LogP contribution in [0.15, 0.2) is 27.8 Å². The van der Waals surface area contributed by atoms with Crippen LogP contribution in [0.1, 0.15) is 38.1 Å². The summed E-state index contributed by atoms with van der Waals surface area (Å²) in [5, 5.41) is 24.2. The minimum absolute atomic E-state index is 0.161. The monoisotopic (exact) mass is 511 g/mol. The summed E-state index contributed by atoms with van der Waals surface area (Å²) in [6.45, 7) is 5.78. The number of nitriles is 1. The molecule has 0 radical (unpaired) electrons. The molecular weight excluding hydrogens is 486 g/mol. The number of fused-ring (bicyclic) bond motifs is 3. The molecule has 11 nitrogen and oxygen atoms in total. The second kappa shape index (κ2) is 9.29. The molecule has 0 aliphatic carbocycles. The highest BCUT2D eigenvalue weighted by Crippen LogP contribution is 2.29. The molecule has 1 aliphatic heterocycles. The fourth-order valence-corrected chi connectivity index (χ4v) is 4.79. The summed E-state index contributed by atoms with van der Waals surface area (Å²) in [5.41, 5.74) is 0.594. The highest BCUT2D eigenvalue weighted by molar-refractivity contribution is 6.32. The Bertz CT molecular complexity index is 1550. The number of β-amino-alcohol motifs (C(OH)–C–C–N with tert-alkyl or cyclic N) is 1. The Hall–Kier alpha value is -3.30. The van der Waals surface area contributed by atoms with Gasteiger partial charge in [-0.3, -0.25) is 14.1 Å². The lowest BCUT2D eigenvalue weighted by atomic mass is 10.1. The molecule has 1 atom stereocenters. The first kappa shape index (κ1) is 24.4. The third kappa shape index (κ3) is 4.06. The van der Waals surface area contributed by atoms with E-state index in [1.54, 1.807) is 42.1 Å². The second-order valence-electron chi connectivity index (χ2n) is 9.40. The van der Waals surface area contributed by atoms with E-state index in [2.05, 4.69) is 26.1 Å². The van der Waals surface area contributed by atoms with Gasteiger partial charge in [0.05, 0.1) is 27.7 Å². The highest BCUT2D eigenvalue weighted by atomic mass is 35.5. The van der Waals surface area contributed by atoms with Gasteiger partial charge >= 0.3 is 0 Å². The molecule has 0 bridgehead atoms. The van der Waals surface area contributed by atoms with E-state index in [4.69, 9.17) is 20.9 Å². The van der Waals surface area contributed by atoms with Crippen molar-refractivity contribution in [1.82, 2.24) is 29.0 Å². The molecule has 1 unspecified atom stereocenters. The number of methoxy groups -OCH3 is 1. The van der Waals surface area contributed by atoms with Crippen molar-refractivity contribution in [2.45, 2.75) is 44.9 Å². The van der Waals surface area contributed by atoms with Gasteiger partial charge in [-0.2, -0.15) is 10.2 Å². The maximum atomic E-state index is 13.9. The van der Waals surface area contributed by atoms with Crippen molar-refractivity contribution in [3.05, 3.63) is 45.3 Å². The summed E-state index contributed by atoms with van der Waals surface area (Å²) in [7, 11) is 1.54. The number of aromatic nitrogens is 5. The van der Waals surface area contributed by atoms with Gasteiger partial charge in [0.2, 0.25) is 5.82 Å². The van der Waals surface area contributed by atoms with Gasteiger partial charge in [-0.1, -0.05) is 16.8 Å². The maximum absolute atomic E-state index is 13.9. The third-order valence-corrected chi connectivity index (χ3v) is 7.06. The number of ether oxygens (including phenoxy) is 1. The quantitative estimate of drug-likeness (QED) is 0.414. The van der Waals surface area contributed by atoms with E-state index in [0.717, 1.165) is 19.4 Å². The number of hydrogen-bond acceptors (Lipinski definition) is 9. The molecule has 4 heterocycles. The van der Waals surface area contributed by atoms with Crippen LogP contribution in [0.4, 0.5) is 0 Å². The molecule has 12 heteroatoms. The van der Waals surface area contributed by atoms with Gasteiger partial charge < -0.3 is 18.9 Å². The number of imidazole rings is 1. The summed E-state index contributed by atoms with van der Waals surface area (Å²) < 4.78 is 14.0. The second-order valence-corrected chi connectivity index (χ2v) is 9.81. The largest absolute Gasteiger partial charge is 0.392 e. The Morgan fingerprint density at radius 2 is 2.14 bits per heavy atom. The number of piperidine rings is 1. The summed E-state index contributed by atoms with van der Waals surface area (Å²) in [5.74, 6) is 0.415. The normalized spacial score (nSPS) is 17.2. The standard InChI is InChI=1S/C24H26ClN7O4/c1-24(2,35-3)23-28-21(29-36-23)18-20-22(34)31(10-9-30-8-4-5-14(33)12-30)19-15(11-26)16(25)6-7-17(19)32(20)13-27-18/h6-7,13-14,33H,4-5,8-10,12H2,1-3H3. The first-order chi connectivity index (χ1) is 17.2. The molecule has 1 N–H and O–H groups in total. The Balaban J connectivity index is 1.70. The number of nitrogens with zero attached hydrogens (tertiary/aromatic N) is 7. The smallest absolute Gasteiger partial charge is 0.277 e. The summed E-state index contributed by atoms with van der Waals surface area (Å²) in [6, 6.07) is 5.53. The van der Waals surface area contributed by atoms with Crippen LogP contribution in [-0.4, -0.2) is 66.9 Å². The lowest BCUT2D eigenvalue weighted by molar-refractivity contribution is -0.00786. The minimum atomic E-state index is -0.814. The van der Waals surface area contributed by atoms with Crippen LogP contribution in [0.2, 0.25) is 5.02 Å². The van der Waals surface area contributed by atoms with E-state index in [1.807, 2.05) is 0 Å². The summed E-state index contributed by atoms with van der Waals surface area (Å²) in [6.07, 6.45) is 2.78. The SMILES string of the molecule is COC(C)(C)c1nc(-c2ncn3c2c(=O)n(CCN2CCCC(O)C2)c2c(C#N)c(Cl)ccc23)no1. The van der Waals surface area contributed by atoms with Gasteiger partial charge in [0.1, 0.15) is 29.2 Å². The number of hydrogen-bond donors (Lipinski definition) is 1. The van der Waals surface area contributed by atoms with E-state index in [9.17, 15) is 15.2 Å². The van der Waals surface area contributed by atoms with Crippen molar-refractivity contribution in [3.8, 4) is 17.6 Å². The Labute approximate surface area is 211 Å². The predicted molar refractivity (Wildman–Crippen MR) is 132 cm³/mol. The van der Waals surface area contributed by atoms with Gasteiger partial charge in [0.25, 0.3) is 11.4 Å². The first-order valence-electron chi connectivity index (χ1n) is 11.7. The fraction of sp³-hybridized carbons (Fsp3) is 0.458. The maximum Gasteiger partial charge on any atom is 0.277 e. The summed E-state index contributed by atoms with van der Waals surface area (Å²) in [4.78, 5) is 24.9. The number of rotatable bonds is 6. The average molecular weight is 512 g/mol.